The van der Waals surface area contributed by atoms with Gasteiger partial charge < -0.3 is 5.73 Å². The molecule has 1 aromatic heterocycles. The van der Waals surface area contributed by atoms with Gasteiger partial charge in [-0.15, -0.1) is 0 Å². The van der Waals surface area contributed by atoms with E-state index in [1.54, 1.807) is 4.68 Å². The lowest BCUT2D eigenvalue weighted by molar-refractivity contribution is 0.781. The van der Waals surface area contributed by atoms with Gasteiger partial charge in [-0.25, -0.2) is 0 Å². The average molecular weight is 264 g/mol. The number of aryl methyl sites for hydroxylation is 2. The molecule has 0 atom stereocenters. The summed E-state index contributed by atoms with van der Waals surface area (Å²) in [5, 5.41) is 5.30. The second kappa shape index (κ2) is 5.02. The third-order valence-corrected chi connectivity index (χ3v) is 3.55. The maximum absolute atomic E-state index is 6.07. The number of hydrogen-bond donors (Lipinski definition) is 1. The van der Waals surface area contributed by atoms with E-state index in [1.165, 1.54) is 0 Å². The summed E-state index contributed by atoms with van der Waals surface area (Å²) in [5.74, 6) is 0.749. The van der Waals surface area contributed by atoms with Gasteiger partial charge >= 0.3 is 0 Å². The van der Waals surface area contributed by atoms with Crippen molar-refractivity contribution in [3.8, 4) is 11.3 Å². The number of benzene rings is 1. The highest BCUT2D eigenvalue weighted by atomic mass is 35.5. The SMILES string of the molecule is CCCc1c(-c2ccc(Cl)c(C)c2)nn(C)c1N. The van der Waals surface area contributed by atoms with Gasteiger partial charge in [0.2, 0.25) is 0 Å². The molecule has 0 aliphatic carbocycles. The quantitative estimate of drug-likeness (QED) is 0.920. The Morgan fingerprint density at radius 2 is 2.11 bits per heavy atom. The van der Waals surface area contributed by atoms with Crippen molar-refractivity contribution in [2.75, 3.05) is 5.73 Å². The summed E-state index contributed by atoms with van der Waals surface area (Å²) >= 11 is 6.06. The van der Waals surface area contributed by atoms with Crippen LogP contribution in [0.4, 0.5) is 5.82 Å². The van der Waals surface area contributed by atoms with Crippen molar-refractivity contribution in [3.63, 3.8) is 0 Å². The van der Waals surface area contributed by atoms with E-state index < -0.39 is 0 Å². The number of nitrogen functional groups attached to an aromatic ring is 1. The van der Waals surface area contributed by atoms with Gasteiger partial charge in [-0.1, -0.05) is 31.0 Å². The Morgan fingerprint density at radius 1 is 1.39 bits per heavy atom. The minimum atomic E-state index is 0.749. The molecule has 0 fully saturated rings. The van der Waals surface area contributed by atoms with E-state index in [-0.39, 0.29) is 0 Å². The highest BCUT2D eigenvalue weighted by Crippen LogP contribution is 2.30. The molecule has 0 saturated carbocycles. The molecule has 96 valence electrons. The zero-order valence-corrected chi connectivity index (χ0v) is 11.8. The van der Waals surface area contributed by atoms with Crippen molar-refractivity contribution in [1.82, 2.24) is 9.78 Å². The van der Waals surface area contributed by atoms with E-state index in [4.69, 9.17) is 17.3 Å². The molecule has 0 unspecified atom stereocenters. The topological polar surface area (TPSA) is 43.8 Å². The number of halogens is 1. The highest BCUT2D eigenvalue weighted by molar-refractivity contribution is 6.31. The standard InChI is InChI=1S/C14H18ClN3/c1-4-5-11-13(17-18(3)14(11)16)10-6-7-12(15)9(2)8-10/h6-8H,4-5,16H2,1-3H3. The summed E-state index contributed by atoms with van der Waals surface area (Å²) in [6.45, 7) is 4.14. The van der Waals surface area contributed by atoms with Crippen LogP contribution < -0.4 is 5.73 Å². The van der Waals surface area contributed by atoms with E-state index in [2.05, 4.69) is 18.1 Å². The van der Waals surface area contributed by atoms with Crippen molar-refractivity contribution in [1.29, 1.82) is 0 Å². The predicted octanol–water partition coefficient (Wildman–Crippen LogP) is 3.58. The molecular weight excluding hydrogens is 246 g/mol. The van der Waals surface area contributed by atoms with E-state index in [0.29, 0.717) is 0 Å². The molecule has 0 bridgehead atoms. The first-order valence-corrected chi connectivity index (χ1v) is 6.50. The molecule has 2 aromatic rings. The Balaban J connectivity index is 2.55. The molecule has 2 N–H and O–H groups in total. The van der Waals surface area contributed by atoms with Crippen LogP contribution in [0, 0.1) is 6.92 Å². The molecule has 2 rings (SSSR count). The molecule has 4 heteroatoms. The first-order chi connectivity index (χ1) is 8.54. The van der Waals surface area contributed by atoms with Crippen LogP contribution in [0.5, 0.6) is 0 Å². The lowest BCUT2D eigenvalue weighted by Gasteiger charge is -2.04. The molecule has 1 heterocycles. The van der Waals surface area contributed by atoms with Gasteiger partial charge in [-0.2, -0.15) is 5.10 Å². The third-order valence-electron chi connectivity index (χ3n) is 3.13. The summed E-state index contributed by atoms with van der Waals surface area (Å²) in [6.07, 6.45) is 1.99. The normalized spacial score (nSPS) is 10.9. The second-order valence-electron chi connectivity index (χ2n) is 4.55. The molecule has 18 heavy (non-hydrogen) atoms. The highest BCUT2D eigenvalue weighted by Gasteiger charge is 2.15. The molecular formula is C14H18ClN3. The van der Waals surface area contributed by atoms with E-state index in [0.717, 1.165) is 46.1 Å². The smallest absolute Gasteiger partial charge is 0.125 e. The predicted molar refractivity (Wildman–Crippen MR) is 76.8 cm³/mol. The van der Waals surface area contributed by atoms with Crippen molar-refractivity contribution < 1.29 is 0 Å². The molecule has 0 spiro atoms. The molecule has 0 radical (unpaired) electrons. The minimum Gasteiger partial charge on any atom is -0.384 e. The summed E-state index contributed by atoms with van der Waals surface area (Å²) in [6, 6.07) is 5.96. The van der Waals surface area contributed by atoms with Gasteiger partial charge in [0, 0.05) is 23.2 Å². The Hall–Kier alpha value is -1.48. The maximum Gasteiger partial charge on any atom is 0.125 e. The molecule has 0 amide bonds. The van der Waals surface area contributed by atoms with E-state index in [1.807, 2.05) is 26.1 Å². The van der Waals surface area contributed by atoms with E-state index >= 15 is 0 Å². The zero-order chi connectivity index (χ0) is 13.3. The first kappa shape index (κ1) is 13.0. The lowest BCUT2D eigenvalue weighted by atomic mass is 10.0. The molecule has 1 aromatic carbocycles. The average Bonchev–Trinajstić information content (AvgIpc) is 2.61. The lowest BCUT2D eigenvalue weighted by Crippen LogP contribution is -1.99. The monoisotopic (exact) mass is 263 g/mol. The number of anilines is 1. The molecule has 0 saturated heterocycles. The van der Waals surface area contributed by atoms with Crippen molar-refractivity contribution in [2.45, 2.75) is 26.7 Å². The fourth-order valence-corrected chi connectivity index (χ4v) is 2.22. The summed E-state index contributed by atoms with van der Waals surface area (Å²) in [7, 11) is 1.88. The van der Waals surface area contributed by atoms with Crippen LogP contribution in [0.3, 0.4) is 0 Å². The van der Waals surface area contributed by atoms with Crippen LogP contribution in [0.15, 0.2) is 18.2 Å². The Kier molecular flexibility index (Phi) is 3.62. The van der Waals surface area contributed by atoms with Gasteiger partial charge in [0.15, 0.2) is 0 Å². The van der Waals surface area contributed by atoms with E-state index in [9.17, 15) is 0 Å². The largest absolute Gasteiger partial charge is 0.384 e. The number of rotatable bonds is 3. The zero-order valence-electron chi connectivity index (χ0n) is 11.0. The Bertz CT molecular complexity index is 573. The van der Waals surface area contributed by atoms with Crippen LogP contribution >= 0.6 is 11.6 Å². The van der Waals surface area contributed by atoms with Crippen LogP contribution in [0.25, 0.3) is 11.3 Å². The number of aromatic nitrogens is 2. The fourth-order valence-electron chi connectivity index (χ4n) is 2.10. The summed E-state index contributed by atoms with van der Waals surface area (Å²) in [5.41, 5.74) is 10.3. The Morgan fingerprint density at radius 3 is 2.72 bits per heavy atom. The molecule has 3 nitrogen and oxygen atoms in total. The molecule has 0 aliphatic heterocycles. The minimum absolute atomic E-state index is 0.749. The Labute approximate surface area is 113 Å². The maximum atomic E-state index is 6.07. The number of nitrogens with zero attached hydrogens (tertiary/aromatic N) is 2. The van der Waals surface area contributed by atoms with Crippen molar-refractivity contribution in [2.24, 2.45) is 7.05 Å². The van der Waals surface area contributed by atoms with Gasteiger partial charge in [0.1, 0.15) is 5.82 Å². The second-order valence-corrected chi connectivity index (χ2v) is 4.96. The molecule has 0 aliphatic rings. The first-order valence-electron chi connectivity index (χ1n) is 6.12. The number of hydrogen-bond acceptors (Lipinski definition) is 2. The van der Waals surface area contributed by atoms with Crippen LogP contribution in [0.1, 0.15) is 24.5 Å². The van der Waals surface area contributed by atoms with Crippen LogP contribution in [0.2, 0.25) is 5.02 Å². The van der Waals surface area contributed by atoms with Crippen LogP contribution in [-0.2, 0) is 13.5 Å². The van der Waals surface area contributed by atoms with Crippen molar-refractivity contribution >= 4 is 17.4 Å². The third kappa shape index (κ3) is 2.23. The van der Waals surface area contributed by atoms with Gasteiger partial charge in [-0.05, 0) is 31.0 Å². The fraction of sp³-hybridized carbons (Fsp3) is 0.357. The van der Waals surface area contributed by atoms with Crippen molar-refractivity contribution in [3.05, 3.63) is 34.3 Å². The van der Waals surface area contributed by atoms with Gasteiger partial charge in [0.05, 0.1) is 5.69 Å². The van der Waals surface area contributed by atoms with Gasteiger partial charge in [0.25, 0.3) is 0 Å². The summed E-state index contributed by atoms with van der Waals surface area (Å²) in [4.78, 5) is 0. The number of nitrogens with two attached hydrogens (primary N) is 1. The van der Waals surface area contributed by atoms with Crippen LogP contribution in [-0.4, -0.2) is 9.78 Å². The van der Waals surface area contributed by atoms with Gasteiger partial charge in [-0.3, -0.25) is 4.68 Å². The summed E-state index contributed by atoms with van der Waals surface area (Å²) < 4.78 is 1.74.